The molecule has 0 amide bonds. The molecule has 0 radical (unpaired) electrons. The lowest BCUT2D eigenvalue weighted by molar-refractivity contribution is -0.00686. The number of nitrogens with two attached hydrogens (primary N) is 1. The number of nitrogens with zero attached hydrogens (tertiary/aromatic N) is 4. The normalized spacial score (nSPS) is 33.3. The van der Waals surface area contributed by atoms with Crippen LogP contribution < -0.4 is 5.73 Å². The van der Waals surface area contributed by atoms with Gasteiger partial charge in [-0.3, -0.25) is 4.90 Å². The minimum Gasteiger partial charge on any atom is -0.329 e. The standard InChI is InChI=1S/C13H23N5/c1-11-4-2-3-5-13(11,9-14)18-7-6-17-10-15-16-12(17)8-18/h10-11H,2-9,14H2,1H3. The number of hydrogen-bond acceptors (Lipinski definition) is 4. The van der Waals surface area contributed by atoms with Gasteiger partial charge in [-0.15, -0.1) is 10.2 Å². The molecule has 1 saturated carbocycles. The molecular formula is C13H23N5. The molecular weight excluding hydrogens is 226 g/mol. The molecule has 1 aromatic rings. The van der Waals surface area contributed by atoms with E-state index < -0.39 is 0 Å². The number of hydrogen-bond donors (Lipinski definition) is 1. The average Bonchev–Trinajstić information content (AvgIpc) is 2.87. The summed E-state index contributed by atoms with van der Waals surface area (Å²) in [5.74, 6) is 1.78. The molecule has 2 heterocycles. The van der Waals surface area contributed by atoms with E-state index in [4.69, 9.17) is 5.73 Å². The fraction of sp³-hybridized carbons (Fsp3) is 0.846. The highest BCUT2D eigenvalue weighted by molar-refractivity contribution is 5.02. The Balaban J connectivity index is 1.85. The third-order valence-electron chi connectivity index (χ3n) is 5.04. The zero-order chi connectivity index (χ0) is 12.6. The van der Waals surface area contributed by atoms with Crippen LogP contribution in [0.15, 0.2) is 6.33 Å². The third-order valence-corrected chi connectivity index (χ3v) is 5.04. The van der Waals surface area contributed by atoms with Crippen LogP contribution in [0.5, 0.6) is 0 Å². The van der Waals surface area contributed by atoms with Gasteiger partial charge in [-0.1, -0.05) is 19.8 Å². The molecule has 2 atom stereocenters. The van der Waals surface area contributed by atoms with Crippen LogP contribution in [0, 0.1) is 5.92 Å². The van der Waals surface area contributed by atoms with Gasteiger partial charge < -0.3 is 10.3 Å². The smallest absolute Gasteiger partial charge is 0.147 e. The van der Waals surface area contributed by atoms with Gasteiger partial charge in [-0.2, -0.15) is 0 Å². The summed E-state index contributed by atoms with van der Waals surface area (Å²) in [5, 5.41) is 8.23. The molecule has 1 aromatic heterocycles. The number of aromatic nitrogens is 3. The monoisotopic (exact) mass is 249 g/mol. The predicted octanol–water partition coefficient (Wildman–Crippen LogP) is 1.00. The Morgan fingerprint density at radius 1 is 1.44 bits per heavy atom. The van der Waals surface area contributed by atoms with Crippen LogP contribution in [0.25, 0.3) is 0 Å². The lowest BCUT2D eigenvalue weighted by atomic mass is 9.72. The van der Waals surface area contributed by atoms with Gasteiger partial charge in [0.1, 0.15) is 12.2 Å². The molecule has 1 fully saturated rings. The van der Waals surface area contributed by atoms with Crippen molar-refractivity contribution in [3.05, 3.63) is 12.2 Å². The summed E-state index contributed by atoms with van der Waals surface area (Å²) < 4.78 is 2.16. The van der Waals surface area contributed by atoms with Crippen LogP contribution in [0.3, 0.4) is 0 Å². The molecule has 18 heavy (non-hydrogen) atoms. The van der Waals surface area contributed by atoms with Gasteiger partial charge >= 0.3 is 0 Å². The van der Waals surface area contributed by atoms with E-state index in [9.17, 15) is 0 Å². The first-order valence-corrected chi connectivity index (χ1v) is 7.08. The molecule has 2 unspecified atom stereocenters. The highest BCUT2D eigenvalue weighted by atomic mass is 15.3. The topological polar surface area (TPSA) is 60.0 Å². The largest absolute Gasteiger partial charge is 0.329 e. The maximum absolute atomic E-state index is 6.17. The van der Waals surface area contributed by atoms with Gasteiger partial charge in [0.25, 0.3) is 0 Å². The van der Waals surface area contributed by atoms with Gasteiger partial charge in [0, 0.05) is 25.2 Å². The van der Waals surface area contributed by atoms with Crippen molar-refractivity contribution in [1.29, 1.82) is 0 Å². The van der Waals surface area contributed by atoms with Crippen molar-refractivity contribution in [3.63, 3.8) is 0 Å². The molecule has 1 aliphatic carbocycles. The minimum absolute atomic E-state index is 0.190. The Labute approximate surface area is 108 Å². The Bertz CT molecular complexity index is 415. The zero-order valence-electron chi connectivity index (χ0n) is 11.2. The predicted molar refractivity (Wildman–Crippen MR) is 69.8 cm³/mol. The summed E-state index contributed by atoms with van der Waals surface area (Å²) in [6, 6.07) is 0. The summed E-state index contributed by atoms with van der Waals surface area (Å²) in [7, 11) is 0. The van der Waals surface area contributed by atoms with E-state index >= 15 is 0 Å². The molecule has 0 aromatic carbocycles. The van der Waals surface area contributed by atoms with Crippen LogP contribution in [0.2, 0.25) is 0 Å². The van der Waals surface area contributed by atoms with Crippen LogP contribution in [-0.2, 0) is 13.1 Å². The van der Waals surface area contributed by atoms with Crippen molar-refractivity contribution in [2.45, 2.75) is 51.2 Å². The van der Waals surface area contributed by atoms with Crippen LogP contribution >= 0.6 is 0 Å². The molecule has 5 nitrogen and oxygen atoms in total. The molecule has 1 aliphatic heterocycles. The van der Waals surface area contributed by atoms with Crippen LogP contribution in [0.1, 0.15) is 38.4 Å². The highest BCUT2D eigenvalue weighted by Gasteiger charge is 2.43. The quantitative estimate of drug-likeness (QED) is 0.849. The second kappa shape index (κ2) is 4.63. The van der Waals surface area contributed by atoms with Gasteiger partial charge in [0.15, 0.2) is 0 Å². The maximum Gasteiger partial charge on any atom is 0.147 e. The fourth-order valence-electron chi connectivity index (χ4n) is 3.75. The molecule has 2 N–H and O–H groups in total. The van der Waals surface area contributed by atoms with Gasteiger partial charge in [0.2, 0.25) is 0 Å². The number of rotatable bonds is 2. The first-order chi connectivity index (χ1) is 8.76. The minimum atomic E-state index is 0.190. The Morgan fingerprint density at radius 2 is 2.33 bits per heavy atom. The Kier molecular flexibility index (Phi) is 3.11. The van der Waals surface area contributed by atoms with Crippen molar-refractivity contribution in [2.75, 3.05) is 13.1 Å². The summed E-state index contributed by atoms with van der Waals surface area (Å²) in [5.41, 5.74) is 6.36. The summed E-state index contributed by atoms with van der Waals surface area (Å²) in [6.45, 7) is 6.11. The summed E-state index contributed by atoms with van der Waals surface area (Å²) in [4.78, 5) is 2.57. The van der Waals surface area contributed by atoms with E-state index in [2.05, 4.69) is 26.6 Å². The van der Waals surface area contributed by atoms with E-state index in [-0.39, 0.29) is 5.54 Å². The fourth-order valence-corrected chi connectivity index (χ4v) is 3.75. The Morgan fingerprint density at radius 3 is 3.11 bits per heavy atom. The second-order valence-corrected chi connectivity index (χ2v) is 5.82. The van der Waals surface area contributed by atoms with Crippen LogP contribution in [0.4, 0.5) is 0 Å². The van der Waals surface area contributed by atoms with Gasteiger partial charge in [0.05, 0.1) is 6.54 Å². The van der Waals surface area contributed by atoms with E-state index in [1.165, 1.54) is 25.7 Å². The lowest BCUT2D eigenvalue weighted by Crippen LogP contribution is -2.60. The zero-order valence-corrected chi connectivity index (χ0v) is 11.2. The second-order valence-electron chi connectivity index (χ2n) is 5.82. The summed E-state index contributed by atoms with van der Waals surface area (Å²) in [6.07, 6.45) is 7.04. The van der Waals surface area contributed by atoms with E-state index in [0.29, 0.717) is 5.92 Å². The molecule has 0 spiro atoms. The maximum atomic E-state index is 6.17. The molecule has 0 saturated heterocycles. The van der Waals surface area contributed by atoms with Crippen molar-refractivity contribution in [3.8, 4) is 0 Å². The Hall–Kier alpha value is -0.940. The average molecular weight is 249 g/mol. The third kappa shape index (κ3) is 1.77. The molecule has 0 bridgehead atoms. The van der Waals surface area contributed by atoms with Crippen LogP contribution in [-0.4, -0.2) is 38.3 Å². The van der Waals surface area contributed by atoms with Crippen molar-refractivity contribution in [1.82, 2.24) is 19.7 Å². The van der Waals surface area contributed by atoms with Crippen molar-refractivity contribution < 1.29 is 0 Å². The summed E-state index contributed by atoms with van der Waals surface area (Å²) >= 11 is 0. The molecule has 5 heteroatoms. The SMILES string of the molecule is CC1CCCCC1(CN)N1CCn2cnnc2C1. The first-order valence-electron chi connectivity index (χ1n) is 7.08. The van der Waals surface area contributed by atoms with Gasteiger partial charge in [-0.25, -0.2) is 0 Å². The van der Waals surface area contributed by atoms with E-state index in [1.54, 1.807) is 0 Å². The molecule has 2 aliphatic rings. The highest BCUT2D eigenvalue weighted by Crippen LogP contribution is 2.39. The lowest BCUT2D eigenvalue weighted by Gasteiger charge is -2.51. The van der Waals surface area contributed by atoms with E-state index in [0.717, 1.165) is 32.0 Å². The molecule has 3 rings (SSSR count). The van der Waals surface area contributed by atoms with Crippen molar-refractivity contribution in [2.24, 2.45) is 11.7 Å². The van der Waals surface area contributed by atoms with Gasteiger partial charge in [-0.05, 0) is 18.8 Å². The number of fused-ring (bicyclic) bond motifs is 1. The van der Waals surface area contributed by atoms with Crippen molar-refractivity contribution >= 4 is 0 Å². The van der Waals surface area contributed by atoms with E-state index in [1.807, 2.05) is 6.33 Å². The first kappa shape index (κ1) is 12.1. The molecule has 100 valence electrons.